The Morgan fingerprint density at radius 2 is 1.79 bits per heavy atom. The van der Waals surface area contributed by atoms with Crippen LogP contribution in [0.15, 0.2) is 0 Å². The maximum atomic E-state index is 9.89. The molecular weight excluding hydrogens is 174 g/mol. The lowest BCUT2D eigenvalue weighted by Crippen LogP contribution is -2.46. The first-order valence-electron chi connectivity index (χ1n) is 5.78. The fourth-order valence-corrected chi connectivity index (χ4v) is 2.47. The van der Waals surface area contributed by atoms with Gasteiger partial charge in [0.15, 0.2) is 0 Å². The van der Waals surface area contributed by atoms with Gasteiger partial charge >= 0.3 is 0 Å². The first kappa shape index (κ1) is 12.0. The third kappa shape index (κ3) is 3.58. The van der Waals surface area contributed by atoms with Crippen LogP contribution in [0.25, 0.3) is 0 Å². The molecule has 0 saturated heterocycles. The summed E-state index contributed by atoms with van der Waals surface area (Å²) >= 11 is 0. The fourth-order valence-electron chi connectivity index (χ4n) is 2.47. The van der Waals surface area contributed by atoms with E-state index in [4.69, 9.17) is 0 Å². The van der Waals surface area contributed by atoms with Crippen molar-refractivity contribution in [3.05, 3.63) is 0 Å². The number of aliphatic hydroxyl groups excluding tert-OH is 1. The lowest BCUT2D eigenvalue weighted by molar-refractivity contribution is 0.0193. The maximum absolute atomic E-state index is 9.89. The van der Waals surface area contributed by atoms with Gasteiger partial charge in [0.1, 0.15) is 0 Å². The molecule has 0 amide bonds. The molecule has 0 spiro atoms. The zero-order chi connectivity index (χ0) is 10.8. The molecule has 1 N–H and O–H groups in total. The quantitative estimate of drug-likeness (QED) is 0.737. The summed E-state index contributed by atoms with van der Waals surface area (Å²) in [5, 5.41) is 9.89. The molecule has 0 aromatic rings. The molecule has 0 unspecified atom stereocenters. The van der Waals surface area contributed by atoms with E-state index in [2.05, 4.69) is 32.7 Å². The average molecular weight is 199 g/mol. The summed E-state index contributed by atoms with van der Waals surface area (Å²) in [6.45, 7) is 7.81. The predicted octanol–water partition coefficient (Wildman–Crippen LogP) is 2.27. The van der Waals surface area contributed by atoms with Crippen molar-refractivity contribution >= 4 is 0 Å². The van der Waals surface area contributed by atoms with E-state index >= 15 is 0 Å². The summed E-state index contributed by atoms with van der Waals surface area (Å²) in [6, 6.07) is 0.392. The molecule has 0 aliphatic heterocycles. The van der Waals surface area contributed by atoms with Crippen molar-refractivity contribution in [2.45, 2.75) is 58.6 Å². The second-order valence-corrected chi connectivity index (χ2v) is 5.89. The third-order valence-corrected chi connectivity index (χ3v) is 2.98. The highest BCUT2D eigenvalue weighted by Gasteiger charge is 2.28. The van der Waals surface area contributed by atoms with Gasteiger partial charge in [-0.15, -0.1) is 0 Å². The minimum atomic E-state index is -0.101. The van der Waals surface area contributed by atoms with Crippen LogP contribution in [-0.2, 0) is 0 Å². The lowest BCUT2D eigenvalue weighted by Gasteiger charge is -2.38. The van der Waals surface area contributed by atoms with Crippen molar-refractivity contribution in [1.29, 1.82) is 0 Å². The Morgan fingerprint density at radius 1 is 1.21 bits per heavy atom. The summed E-state index contributed by atoms with van der Waals surface area (Å²) in [5.74, 6) is 0. The van der Waals surface area contributed by atoms with Crippen LogP contribution in [0.2, 0.25) is 0 Å². The van der Waals surface area contributed by atoms with Crippen LogP contribution in [0.5, 0.6) is 0 Å². The van der Waals surface area contributed by atoms with Crippen molar-refractivity contribution < 1.29 is 5.11 Å². The van der Waals surface area contributed by atoms with Crippen LogP contribution in [0.3, 0.4) is 0 Å². The van der Waals surface area contributed by atoms with E-state index in [-0.39, 0.29) is 6.10 Å². The van der Waals surface area contributed by atoms with Gasteiger partial charge in [-0.1, -0.05) is 33.6 Å². The molecule has 0 aromatic heterocycles. The normalized spacial score (nSPS) is 29.6. The Hall–Kier alpha value is -0.0800. The molecular formula is C12H25NO. The van der Waals surface area contributed by atoms with E-state index in [1.54, 1.807) is 0 Å². The molecule has 0 aromatic carbocycles. The van der Waals surface area contributed by atoms with Crippen LogP contribution in [0.1, 0.15) is 46.5 Å². The van der Waals surface area contributed by atoms with E-state index in [0.29, 0.717) is 11.5 Å². The van der Waals surface area contributed by atoms with Crippen molar-refractivity contribution in [3.63, 3.8) is 0 Å². The highest BCUT2D eigenvalue weighted by molar-refractivity contribution is 4.83. The number of nitrogens with zero attached hydrogens (tertiary/aromatic N) is 1. The largest absolute Gasteiger partial charge is 0.391 e. The van der Waals surface area contributed by atoms with Gasteiger partial charge in [-0.05, 0) is 25.3 Å². The first-order valence-corrected chi connectivity index (χ1v) is 5.78. The number of likely N-dealkylation sites (N-methyl/N-ethyl adjacent to an activating group) is 1. The molecule has 84 valence electrons. The minimum Gasteiger partial charge on any atom is -0.391 e. The standard InChI is InChI=1S/C12H25NO/c1-12(2,3)9-13(4)10-7-5-6-8-11(10)14/h10-11,14H,5-9H2,1-4H3/t10-,11-/m0/s1. The molecule has 2 nitrogen and oxygen atoms in total. The van der Waals surface area contributed by atoms with Crippen LogP contribution >= 0.6 is 0 Å². The molecule has 1 rings (SSSR count). The molecule has 2 heteroatoms. The average Bonchev–Trinajstić information content (AvgIpc) is 2.01. The second kappa shape index (κ2) is 4.63. The smallest absolute Gasteiger partial charge is 0.0695 e. The SMILES string of the molecule is CN(CC(C)(C)C)[C@H]1CCCC[C@@H]1O. The van der Waals surface area contributed by atoms with Gasteiger partial charge in [-0.3, -0.25) is 0 Å². The zero-order valence-corrected chi connectivity index (χ0v) is 10.1. The summed E-state index contributed by atoms with van der Waals surface area (Å²) in [6.07, 6.45) is 4.51. The van der Waals surface area contributed by atoms with Crippen molar-refractivity contribution in [2.75, 3.05) is 13.6 Å². The summed E-state index contributed by atoms with van der Waals surface area (Å²) < 4.78 is 0. The molecule has 0 heterocycles. The second-order valence-electron chi connectivity index (χ2n) is 5.89. The van der Waals surface area contributed by atoms with E-state index in [0.717, 1.165) is 19.4 Å². The monoisotopic (exact) mass is 199 g/mol. The van der Waals surface area contributed by atoms with Crippen LogP contribution < -0.4 is 0 Å². The molecule has 2 atom stereocenters. The fraction of sp³-hybridized carbons (Fsp3) is 1.00. The summed E-state index contributed by atoms with van der Waals surface area (Å²) in [4.78, 5) is 2.34. The van der Waals surface area contributed by atoms with E-state index in [9.17, 15) is 5.11 Å². The van der Waals surface area contributed by atoms with E-state index < -0.39 is 0 Å². The first-order chi connectivity index (χ1) is 6.40. The molecule has 0 bridgehead atoms. The Labute approximate surface area is 88.3 Å². The van der Waals surface area contributed by atoms with E-state index in [1.807, 2.05) is 0 Å². The van der Waals surface area contributed by atoms with E-state index in [1.165, 1.54) is 12.8 Å². The van der Waals surface area contributed by atoms with Gasteiger partial charge in [-0.2, -0.15) is 0 Å². The Morgan fingerprint density at radius 3 is 2.29 bits per heavy atom. The van der Waals surface area contributed by atoms with Crippen molar-refractivity contribution in [1.82, 2.24) is 4.90 Å². The molecule has 1 saturated carbocycles. The van der Waals surface area contributed by atoms with Crippen molar-refractivity contribution in [2.24, 2.45) is 5.41 Å². The highest BCUT2D eigenvalue weighted by atomic mass is 16.3. The number of hydrogen-bond donors (Lipinski definition) is 1. The van der Waals surface area contributed by atoms with Gasteiger partial charge < -0.3 is 10.0 Å². The highest BCUT2D eigenvalue weighted by Crippen LogP contribution is 2.25. The van der Waals surface area contributed by atoms with Gasteiger partial charge in [0.2, 0.25) is 0 Å². The lowest BCUT2D eigenvalue weighted by atomic mass is 9.89. The van der Waals surface area contributed by atoms with Crippen LogP contribution in [0, 0.1) is 5.41 Å². The Kier molecular flexibility index (Phi) is 3.96. The van der Waals surface area contributed by atoms with Crippen LogP contribution in [0.4, 0.5) is 0 Å². The minimum absolute atomic E-state index is 0.101. The molecule has 0 radical (unpaired) electrons. The van der Waals surface area contributed by atoms with Gasteiger partial charge in [0, 0.05) is 12.6 Å². The Balaban J connectivity index is 2.46. The third-order valence-electron chi connectivity index (χ3n) is 2.98. The summed E-state index contributed by atoms with van der Waals surface area (Å²) in [5.41, 5.74) is 0.325. The number of aliphatic hydroxyl groups is 1. The molecule has 1 aliphatic rings. The zero-order valence-electron chi connectivity index (χ0n) is 10.1. The number of rotatable bonds is 2. The van der Waals surface area contributed by atoms with Crippen LogP contribution in [-0.4, -0.2) is 35.7 Å². The van der Waals surface area contributed by atoms with Crippen molar-refractivity contribution in [3.8, 4) is 0 Å². The van der Waals surface area contributed by atoms with Gasteiger partial charge in [-0.25, -0.2) is 0 Å². The predicted molar refractivity (Wildman–Crippen MR) is 60.3 cm³/mol. The molecule has 1 fully saturated rings. The van der Waals surface area contributed by atoms with Gasteiger partial charge in [0.25, 0.3) is 0 Å². The Bertz CT molecular complexity index is 174. The number of hydrogen-bond acceptors (Lipinski definition) is 2. The topological polar surface area (TPSA) is 23.5 Å². The van der Waals surface area contributed by atoms with Gasteiger partial charge in [0.05, 0.1) is 6.10 Å². The molecule has 1 aliphatic carbocycles. The molecule has 14 heavy (non-hydrogen) atoms. The maximum Gasteiger partial charge on any atom is 0.0695 e. The summed E-state index contributed by atoms with van der Waals surface area (Å²) in [7, 11) is 2.14.